The fraction of sp³-hybridized carbons (Fsp3) is 0.263. The summed E-state index contributed by atoms with van der Waals surface area (Å²) in [6.07, 6.45) is 0. The van der Waals surface area contributed by atoms with E-state index in [9.17, 15) is 9.59 Å². The molecule has 0 bridgehead atoms. The van der Waals surface area contributed by atoms with E-state index in [0.29, 0.717) is 29.5 Å². The zero-order valence-electron chi connectivity index (χ0n) is 14.6. The quantitative estimate of drug-likeness (QED) is 0.762. The Morgan fingerprint density at radius 2 is 1.85 bits per heavy atom. The van der Waals surface area contributed by atoms with Crippen LogP contribution in [0.4, 0.5) is 0 Å². The molecule has 0 aromatic heterocycles. The van der Waals surface area contributed by atoms with Crippen LogP contribution in [0, 0.1) is 0 Å². The van der Waals surface area contributed by atoms with Crippen molar-refractivity contribution in [1.29, 1.82) is 0 Å². The molecule has 138 valence electrons. The van der Waals surface area contributed by atoms with Crippen LogP contribution in [-0.2, 0) is 11.3 Å². The second kappa shape index (κ2) is 9.10. The van der Waals surface area contributed by atoms with Crippen molar-refractivity contribution in [3.05, 3.63) is 58.6 Å². The van der Waals surface area contributed by atoms with Gasteiger partial charge in [0.25, 0.3) is 5.91 Å². The van der Waals surface area contributed by atoms with Gasteiger partial charge in [0.05, 0.1) is 6.61 Å². The lowest BCUT2D eigenvalue weighted by molar-refractivity contribution is -0.139. The molecule has 0 fully saturated rings. The lowest BCUT2D eigenvalue weighted by atomic mass is 10.1. The number of carbonyl (C=O) groups excluding carboxylic acids is 1. The highest BCUT2D eigenvalue weighted by molar-refractivity contribution is 6.31. The molecule has 0 saturated carbocycles. The Morgan fingerprint density at radius 1 is 1.12 bits per heavy atom. The van der Waals surface area contributed by atoms with Crippen LogP contribution in [0.25, 0.3) is 0 Å². The van der Waals surface area contributed by atoms with Crippen LogP contribution in [0.15, 0.2) is 42.5 Å². The molecule has 0 aliphatic heterocycles. The number of carboxylic acid groups (broad SMARTS) is 1. The van der Waals surface area contributed by atoms with Gasteiger partial charge in [0.2, 0.25) is 0 Å². The number of aliphatic carboxylic acids is 1. The second-order valence-corrected chi connectivity index (χ2v) is 5.94. The zero-order valence-corrected chi connectivity index (χ0v) is 15.3. The van der Waals surface area contributed by atoms with Crippen molar-refractivity contribution < 1.29 is 24.2 Å². The minimum absolute atomic E-state index is 0.212. The monoisotopic (exact) mass is 377 g/mol. The molecule has 2 aromatic rings. The number of benzene rings is 2. The summed E-state index contributed by atoms with van der Waals surface area (Å²) in [4.78, 5) is 24.9. The number of hydrogen-bond acceptors (Lipinski definition) is 4. The minimum Gasteiger partial charge on any atom is -0.490 e. The molecule has 1 amide bonds. The van der Waals surface area contributed by atoms with Gasteiger partial charge in [0.15, 0.2) is 18.1 Å². The summed E-state index contributed by atoms with van der Waals surface area (Å²) in [5.41, 5.74) is 1.25. The van der Waals surface area contributed by atoms with Gasteiger partial charge in [-0.05, 0) is 36.8 Å². The maximum atomic E-state index is 12.7. The number of amides is 1. The maximum absolute atomic E-state index is 12.7. The second-order valence-electron chi connectivity index (χ2n) is 5.53. The Hall–Kier alpha value is -2.73. The van der Waals surface area contributed by atoms with E-state index >= 15 is 0 Å². The summed E-state index contributed by atoms with van der Waals surface area (Å²) in [6, 6.07) is 12.0. The van der Waals surface area contributed by atoms with E-state index < -0.39 is 12.6 Å². The third kappa shape index (κ3) is 5.13. The average molecular weight is 378 g/mol. The topological polar surface area (TPSA) is 76.1 Å². The lowest BCUT2D eigenvalue weighted by Crippen LogP contribution is -2.26. The van der Waals surface area contributed by atoms with Crippen LogP contribution in [0.5, 0.6) is 11.5 Å². The Kier molecular flexibility index (Phi) is 6.86. The van der Waals surface area contributed by atoms with Gasteiger partial charge in [0.1, 0.15) is 0 Å². The smallest absolute Gasteiger partial charge is 0.341 e. The maximum Gasteiger partial charge on any atom is 0.341 e. The van der Waals surface area contributed by atoms with Crippen molar-refractivity contribution in [3.63, 3.8) is 0 Å². The zero-order chi connectivity index (χ0) is 19.1. The molecule has 1 N–H and O–H groups in total. The highest BCUT2D eigenvalue weighted by Crippen LogP contribution is 2.29. The van der Waals surface area contributed by atoms with Gasteiger partial charge in [-0.25, -0.2) is 4.79 Å². The Balaban J connectivity index is 2.18. The van der Waals surface area contributed by atoms with Crippen LogP contribution in [0.2, 0.25) is 5.02 Å². The average Bonchev–Trinajstić information content (AvgIpc) is 2.62. The van der Waals surface area contributed by atoms with Crippen molar-refractivity contribution in [1.82, 2.24) is 4.90 Å². The number of halogens is 1. The fourth-order valence-corrected chi connectivity index (χ4v) is 2.54. The van der Waals surface area contributed by atoms with Crippen molar-refractivity contribution in [2.45, 2.75) is 13.5 Å². The van der Waals surface area contributed by atoms with Gasteiger partial charge in [-0.3, -0.25) is 4.79 Å². The van der Waals surface area contributed by atoms with Gasteiger partial charge in [-0.15, -0.1) is 0 Å². The van der Waals surface area contributed by atoms with Crippen LogP contribution < -0.4 is 9.47 Å². The predicted octanol–water partition coefficient (Wildman–Crippen LogP) is 3.47. The first-order chi connectivity index (χ1) is 12.4. The van der Waals surface area contributed by atoms with Crippen molar-refractivity contribution in [2.24, 2.45) is 0 Å². The number of hydrogen-bond donors (Lipinski definition) is 1. The summed E-state index contributed by atoms with van der Waals surface area (Å²) < 4.78 is 10.7. The van der Waals surface area contributed by atoms with Crippen LogP contribution in [0.1, 0.15) is 22.8 Å². The summed E-state index contributed by atoms with van der Waals surface area (Å²) >= 11 is 6.14. The third-order valence-corrected chi connectivity index (χ3v) is 3.92. The number of ether oxygens (including phenoxy) is 2. The standard InChI is InChI=1S/C19H20ClNO5/c1-3-25-17-10-13(8-9-16(17)26-12-18(22)23)19(24)21(2)11-14-6-4-5-7-15(14)20/h4-10H,3,11-12H2,1-2H3,(H,22,23). The molecule has 7 heteroatoms. The highest BCUT2D eigenvalue weighted by Gasteiger charge is 2.17. The Bertz CT molecular complexity index is 793. The van der Waals surface area contributed by atoms with E-state index in [4.69, 9.17) is 26.2 Å². The van der Waals surface area contributed by atoms with Crippen molar-refractivity contribution >= 4 is 23.5 Å². The molecule has 0 heterocycles. The largest absolute Gasteiger partial charge is 0.490 e. The first-order valence-corrected chi connectivity index (χ1v) is 8.40. The number of carbonyl (C=O) groups is 2. The van der Waals surface area contributed by atoms with E-state index in [2.05, 4.69) is 0 Å². The van der Waals surface area contributed by atoms with Gasteiger partial charge >= 0.3 is 5.97 Å². The third-order valence-electron chi connectivity index (χ3n) is 3.55. The molecule has 0 unspecified atom stereocenters. The van der Waals surface area contributed by atoms with Gasteiger partial charge < -0.3 is 19.5 Å². The Labute approximate surface area is 156 Å². The van der Waals surface area contributed by atoms with Crippen molar-refractivity contribution in [2.75, 3.05) is 20.3 Å². The summed E-state index contributed by atoms with van der Waals surface area (Å²) in [5, 5.41) is 9.33. The van der Waals surface area contributed by atoms with E-state index in [1.807, 2.05) is 18.2 Å². The van der Waals surface area contributed by atoms with E-state index in [0.717, 1.165) is 5.56 Å². The molecule has 0 radical (unpaired) electrons. The van der Waals surface area contributed by atoms with E-state index in [1.54, 1.807) is 37.1 Å². The minimum atomic E-state index is -1.09. The van der Waals surface area contributed by atoms with Gasteiger partial charge in [0, 0.05) is 24.2 Å². The van der Waals surface area contributed by atoms with Crippen LogP contribution >= 0.6 is 11.6 Å². The number of carboxylic acids is 1. The molecule has 0 spiro atoms. The molecule has 2 rings (SSSR count). The molecule has 0 atom stereocenters. The van der Waals surface area contributed by atoms with Crippen LogP contribution in [0.3, 0.4) is 0 Å². The molecular formula is C19H20ClNO5. The molecule has 6 nitrogen and oxygen atoms in total. The van der Waals surface area contributed by atoms with Crippen LogP contribution in [-0.4, -0.2) is 42.1 Å². The molecule has 2 aromatic carbocycles. The SMILES string of the molecule is CCOc1cc(C(=O)N(C)Cc2ccccc2Cl)ccc1OCC(=O)O. The number of rotatable bonds is 8. The first kappa shape index (κ1) is 19.6. The van der Waals surface area contributed by atoms with Gasteiger partial charge in [-0.2, -0.15) is 0 Å². The van der Waals surface area contributed by atoms with E-state index in [-0.39, 0.29) is 11.7 Å². The molecule has 0 aliphatic carbocycles. The summed E-state index contributed by atoms with van der Waals surface area (Å²) in [6.45, 7) is 2.02. The predicted molar refractivity (Wildman–Crippen MR) is 98.0 cm³/mol. The molecule has 0 saturated heterocycles. The first-order valence-electron chi connectivity index (χ1n) is 8.02. The van der Waals surface area contributed by atoms with Crippen molar-refractivity contribution in [3.8, 4) is 11.5 Å². The molecule has 0 aliphatic rings. The highest BCUT2D eigenvalue weighted by atomic mass is 35.5. The molecule has 26 heavy (non-hydrogen) atoms. The Morgan fingerprint density at radius 3 is 2.50 bits per heavy atom. The number of nitrogens with zero attached hydrogens (tertiary/aromatic N) is 1. The fourth-order valence-electron chi connectivity index (χ4n) is 2.34. The normalized spacial score (nSPS) is 10.3. The summed E-state index contributed by atoms with van der Waals surface area (Å²) in [5.74, 6) is -0.701. The van der Waals surface area contributed by atoms with Gasteiger partial charge in [-0.1, -0.05) is 29.8 Å². The summed E-state index contributed by atoms with van der Waals surface area (Å²) in [7, 11) is 1.68. The van der Waals surface area contributed by atoms with E-state index in [1.165, 1.54) is 6.07 Å². The lowest BCUT2D eigenvalue weighted by Gasteiger charge is -2.19. The molecular weight excluding hydrogens is 358 g/mol.